The van der Waals surface area contributed by atoms with Gasteiger partial charge in [-0.2, -0.15) is 0 Å². The van der Waals surface area contributed by atoms with E-state index in [1.54, 1.807) is 7.11 Å². The first-order valence-electron chi connectivity index (χ1n) is 7.20. The Labute approximate surface area is 115 Å². The number of carbonyl (C=O) groups is 1. The van der Waals surface area contributed by atoms with Gasteiger partial charge in [-0.3, -0.25) is 4.79 Å². The second-order valence-corrected chi connectivity index (χ2v) is 5.85. The molecule has 0 heterocycles. The SMILES string of the molecule is COCCCC(N)C(=O)NC1(CO)CCC(C)CC1. The third-order valence-corrected chi connectivity index (χ3v) is 4.12. The van der Waals surface area contributed by atoms with Crippen molar-refractivity contribution in [3.05, 3.63) is 0 Å². The number of amides is 1. The highest BCUT2D eigenvalue weighted by Gasteiger charge is 2.35. The highest BCUT2D eigenvalue weighted by atomic mass is 16.5. The molecule has 1 atom stereocenters. The van der Waals surface area contributed by atoms with E-state index in [2.05, 4.69) is 12.2 Å². The fourth-order valence-corrected chi connectivity index (χ4v) is 2.57. The molecule has 0 aromatic heterocycles. The zero-order chi connectivity index (χ0) is 14.3. The molecule has 1 aliphatic carbocycles. The average Bonchev–Trinajstić information content (AvgIpc) is 2.42. The third-order valence-electron chi connectivity index (χ3n) is 4.12. The molecular weight excluding hydrogens is 244 g/mol. The molecule has 0 aromatic rings. The van der Waals surface area contributed by atoms with Crippen molar-refractivity contribution in [2.24, 2.45) is 11.7 Å². The largest absolute Gasteiger partial charge is 0.394 e. The normalized spacial score (nSPS) is 28.9. The van der Waals surface area contributed by atoms with Crippen LogP contribution in [0.4, 0.5) is 0 Å². The highest BCUT2D eigenvalue weighted by molar-refractivity contribution is 5.82. The number of carbonyl (C=O) groups excluding carboxylic acids is 1. The summed E-state index contributed by atoms with van der Waals surface area (Å²) in [5, 5.41) is 12.6. The molecular formula is C14H28N2O3. The molecule has 5 heteroatoms. The topological polar surface area (TPSA) is 84.6 Å². The number of hydrogen-bond donors (Lipinski definition) is 3. The zero-order valence-electron chi connectivity index (χ0n) is 12.2. The number of nitrogens with two attached hydrogens (primary N) is 1. The van der Waals surface area contributed by atoms with E-state index < -0.39 is 11.6 Å². The maximum absolute atomic E-state index is 12.1. The van der Waals surface area contributed by atoms with Crippen molar-refractivity contribution in [3.8, 4) is 0 Å². The molecule has 1 aliphatic rings. The summed E-state index contributed by atoms with van der Waals surface area (Å²) < 4.78 is 4.95. The molecule has 19 heavy (non-hydrogen) atoms. The number of aliphatic hydroxyl groups is 1. The van der Waals surface area contributed by atoms with Gasteiger partial charge in [0.25, 0.3) is 0 Å². The molecule has 0 radical (unpaired) electrons. The van der Waals surface area contributed by atoms with Crippen LogP contribution in [0, 0.1) is 5.92 Å². The Morgan fingerprint density at radius 3 is 2.68 bits per heavy atom. The van der Waals surface area contributed by atoms with Crippen molar-refractivity contribution in [2.45, 2.75) is 57.0 Å². The number of rotatable bonds is 7. The smallest absolute Gasteiger partial charge is 0.237 e. The number of aliphatic hydroxyl groups excluding tert-OH is 1. The summed E-state index contributed by atoms with van der Waals surface area (Å²) in [6.07, 6.45) is 5.13. The molecule has 0 aliphatic heterocycles. The summed E-state index contributed by atoms with van der Waals surface area (Å²) >= 11 is 0. The van der Waals surface area contributed by atoms with Gasteiger partial charge in [0.2, 0.25) is 5.91 Å². The molecule has 1 unspecified atom stereocenters. The van der Waals surface area contributed by atoms with Gasteiger partial charge in [0.15, 0.2) is 0 Å². The summed E-state index contributed by atoms with van der Waals surface area (Å²) in [7, 11) is 1.63. The van der Waals surface area contributed by atoms with E-state index in [1.807, 2.05) is 0 Å². The molecule has 0 aromatic carbocycles. The van der Waals surface area contributed by atoms with Crippen LogP contribution in [0.15, 0.2) is 0 Å². The minimum atomic E-state index is -0.516. The van der Waals surface area contributed by atoms with Gasteiger partial charge in [0.1, 0.15) is 0 Å². The van der Waals surface area contributed by atoms with E-state index >= 15 is 0 Å². The Morgan fingerprint density at radius 1 is 1.53 bits per heavy atom. The van der Waals surface area contributed by atoms with Gasteiger partial charge in [-0.05, 0) is 44.4 Å². The monoisotopic (exact) mass is 272 g/mol. The van der Waals surface area contributed by atoms with Crippen molar-refractivity contribution in [1.82, 2.24) is 5.32 Å². The highest BCUT2D eigenvalue weighted by Crippen LogP contribution is 2.31. The van der Waals surface area contributed by atoms with Crippen molar-refractivity contribution < 1.29 is 14.6 Å². The molecule has 1 rings (SSSR count). The van der Waals surface area contributed by atoms with Crippen LogP contribution in [-0.4, -0.2) is 42.9 Å². The fraction of sp³-hybridized carbons (Fsp3) is 0.929. The number of ether oxygens (including phenoxy) is 1. The van der Waals surface area contributed by atoms with E-state index in [0.29, 0.717) is 18.9 Å². The van der Waals surface area contributed by atoms with Gasteiger partial charge in [-0.1, -0.05) is 6.92 Å². The van der Waals surface area contributed by atoms with Crippen LogP contribution in [0.1, 0.15) is 45.4 Å². The van der Waals surface area contributed by atoms with Crippen LogP contribution in [0.2, 0.25) is 0 Å². The predicted molar refractivity (Wildman–Crippen MR) is 74.7 cm³/mol. The Balaban J connectivity index is 2.44. The minimum absolute atomic E-state index is 0.00372. The zero-order valence-corrected chi connectivity index (χ0v) is 12.2. The standard InChI is InChI=1S/C14H28N2O3/c1-11-5-7-14(10-17,8-6-11)16-13(18)12(15)4-3-9-19-2/h11-12,17H,3-10,15H2,1-2H3,(H,16,18). The Kier molecular flexibility index (Phi) is 6.75. The molecule has 0 saturated heterocycles. The maximum Gasteiger partial charge on any atom is 0.237 e. The van der Waals surface area contributed by atoms with Crippen LogP contribution in [0.5, 0.6) is 0 Å². The van der Waals surface area contributed by atoms with Crippen molar-refractivity contribution in [3.63, 3.8) is 0 Å². The molecule has 4 N–H and O–H groups in total. The first kappa shape index (κ1) is 16.4. The minimum Gasteiger partial charge on any atom is -0.394 e. The second-order valence-electron chi connectivity index (χ2n) is 5.85. The van der Waals surface area contributed by atoms with Gasteiger partial charge in [0.05, 0.1) is 18.2 Å². The lowest BCUT2D eigenvalue weighted by atomic mass is 9.77. The van der Waals surface area contributed by atoms with Gasteiger partial charge >= 0.3 is 0 Å². The molecule has 112 valence electrons. The number of methoxy groups -OCH3 is 1. The lowest BCUT2D eigenvalue weighted by Gasteiger charge is -2.39. The van der Waals surface area contributed by atoms with Gasteiger partial charge in [0, 0.05) is 13.7 Å². The van der Waals surface area contributed by atoms with Gasteiger partial charge < -0.3 is 20.9 Å². The van der Waals surface area contributed by atoms with Gasteiger partial charge in [-0.25, -0.2) is 0 Å². The van der Waals surface area contributed by atoms with Crippen LogP contribution in [0.25, 0.3) is 0 Å². The molecule has 1 saturated carbocycles. The van der Waals surface area contributed by atoms with E-state index in [-0.39, 0.29) is 12.5 Å². The van der Waals surface area contributed by atoms with E-state index in [0.717, 1.165) is 32.1 Å². The lowest BCUT2D eigenvalue weighted by molar-refractivity contribution is -0.125. The Morgan fingerprint density at radius 2 is 2.16 bits per heavy atom. The lowest BCUT2D eigenvalue weighted by Crippen LogP contribution is -2.57. The predicted octanol–water partition coefficient (Wildman–Crippen LogP) is 0.798. The summed E-state index contributed by atoms with van der Waals surface area (Å²) in [5.74, 6) is 0.520. The Bertz CT molecular complexity index is 276. The number of nitrogens with one attached hydrogen (secondary N) is 1. The van der Waals surface area contributed by atoms with Crippen LogP contribution in [0.3, 0.4) is 0 Å². The first-order valence-corrected chi connectivity index (χ1v) is 7.20. The van der Waals surface area contributed by atoms with Crippen molar-refractivity contribution >= 4 is 5.91 Å². The average molecular weight is 272 g/mol. The number of hydrogen-bond acceptors (Lipinski definition) is 4. The van der Waals surface area contributed by atoms with Crippen molar-refractivity contribution in [2.75, 3.05) is 20.3 Å². The fourth-order valence-electron chi connectivity index (χ4n) is 2.57. The van der Waals surface area contributed by atoms with E-state index in [1.165, 1.54) is 0 Å². The molecule has 0 spiro atoms. The molecule has 1 amide bonds. The van der Waals surface area contributed by atoms with Crippen LogP contribution < -0.4 is 11.1 Å². The van der Waals surface area contributed by atoms with Crippen molar-refractivity contribution in [1.29, 1.82) is 0 Å². The molecule has 1 fully saturated rings. The van der Waals surface area contributed by atoms with Gasteiger partial charge in [-0.15, -0.1) is 0 Å². The quantitative estimate of drug-likeness (QED) is 0.598. The molecule has 5 nitrogen and oxygen atoms in total. The second kappa shape index (κ2) is 7.82. The summed E-state index contributed by atoms with van der Waals surface area (Å²) in [4.78, 5) is 12.1. The third kappa shape index (κ3) is 5.09. The summed E-state index contributed by atoms with van der Waals surface area (Å²) in [6, 6.07) is -0.516. The summed E-state index contributed by atoms with van der Waals surface area (Å²) in [6.45, 7) is 2.82. The molecule has 0 bridgehead atoms. The van der Waals surface area contributed by atoms with Crippen LogP contribution in [-0.2, 0) is 9.53 Å². The summed E-state index contributed by atoms with van der Waals surface area (Å²) in [5.41, 5.74) is 5.41. The van der Waals surface area contributed by atoms with E-state index in [9.17, 15) is 9.90 Å². The van der Waals surface area contributed by atoms with Crippen LogP contribution >= 0.6 is 0 Å². The maximum atomic E-state index is 12.1. The van der Waals surface area contributed by atoms with E-state index in [4.69, 9.17) is 10.5 Å². The Hall–Kier alpha value is -0.650. The first-order chi connectivity index (χ1) is 9.03.